The number of Topliss-reactive ketones (excluding diaryl/α,β-unsaturated/α-hetero) is 1. The second-order valence-electron chi connectivity index (χ2n) is 2.75. The second-order valence-corrected chi connectivity index (χ2v) is 6.46. The van der Waals surface area contributed by atoms with Crippen molar-refractivity contribution in [3.05, 3.63) is 0 Å². The van der Waals surface area contributed by atoms with Crippen LogP contribution in [0.15, 0.2) is 0 Å². The molecule has 0 saturated carbocycles. The Kier molecular flexibility index (Phi) is 4.85. The molecular weight excluding hydrogens is 196 g/mol. The molecule has 0 aromatic rings. The first-order chi connectivity index (χ1) is 5.33. The lowest BCUT2D eigenvalue weighted by atomic mass is 10.3. The highest BCUT2D eigenvalue weighted by Gasteiger charge is 2.09. The maximum atomic E-state index is 10.7. The van der Waals surface area contributed by atoms with Gasteiger partial charge in [-0.15, -0.1) is 11.8 Å². The Hall–Kier alpha value is -0.0300. The van der Waals surface area contributed by atoms with Gasteiger partial charge in [0.1, 0.15) is 15.6 Å². The molecule has 0 aromatic carbocycles. The van der Waals surface area contributed by atoms with Gasteiger partial charge in [0, 0.05) is 12.0 Å². The van der Waals surface area contributed by atoms with E-state index >= 15 is 0 Å². The molecule has 1 atom stereocenters. The summed E-state index contributed by atoms with van der Waals surface area (Å²) >= 11 is 1.38. The summed E-state index contributed by atoms with van der Waals surface area (Å²) in [5, 5.41) is -0.0910. The maximum absolute atomic E-state index is 10.7. The lowest BCUT2D eigenvalue weighted by molar-refractivity contribution is -0.116. The quantitative estimate of drug-likeness (QED) is 0.671. The first-order valence-electron chi connectivity index (χ1n) is 3.62. The zero-order valence-electron chi connectivity index (χ0n) is 7.53. The van der Waals surface area contributed by atoms with Crippen LogP contribution in [0.5, 0.6) is 0 Å². The predicted molar refractivity (Wildman–Crippen MR) is 52.3 cm³/mol. The van der Waals surface area contributed by atoms with E-state index in [2.05, 4.69) is 0 Å². The number of carbonyl (C=O) groups excluding carboxylic acids is 1. The molecule has 0 spiro atoms. The number of ketones is 1. The Morgan fingerprint density at radius 2 is 2.00 bits per heavy atom. The maximum Gasteiger partial charge on any atom is 0.148 e. The summed E-state index contributed by atoms with van der Waals surface area (Å²) in [7, 11) is -2.88. The molecule has 0 rings (SSSR count). The zero-order chi connectivity index (χ0) is 9.78. The van der Waals surface area contributed by atoms with Crippen LogP contribution in [0.25, 0.3) is 0 Å². The normalized spacial score (nSPS) is 14.2. The van der Waals surface area contributed by atoms with E-state index in [0.717, 1.165) is 0 Å². The minimum absolute atomic E-state index is 0.0910. The number of hydrogen-bond acceptors (Lipinski definition) is 4. The molecule has 0 aliphatic rings. The van der Waals surface area contributed by atoms with Crippen LogP contribution in [0.2, 0.25) is 0 Å². The van der Waals surface area contributed by atoms with Crippen molar-refractivity contribution in [2.75, 3.05) is 17.8 Å². The molecule has 0 aliphatic carbocycles. The van der Waals surface area contributed by atoms with E-state index < -0.39 is 9.84 Å². The molecule has 5 heteroatoms. The van der Waals surface area contributed by atoms with E-state index in [1.807, 2.05) is 0 Å². The first-order valence-corrected chi connectivity index (χ1v) is 6.73. The Balaban J connectivity index is 3.65. The first kappa shape index (κ1) is 12.0. The van der Waals surface area contributed by atoms with Gasteiger partial charge in [-0.2, -0.15) is 0 Å². The Morgan fingerprint density at radius 1 is 1.50 bits per heavy atom. The zero-order valence-corrected chi connectivity index (χ0v) is 9.17. The third kappa shape index (κ3) is 6.67. The minimum Gasteiger partial charge on any atom is -0.299 e. The molecule has 0 heterocycles. The van der Waals surface area contributed by atoms with Gasteiger partial charge in [0.05, 0.1) is 11.0 Å². The molecule has 12 heavy (non-hydrogen) atoms. The van der Waals surface area contributed by atoms with Gasteiger partial charge in [-0.25, -0.2) is 8.42 Å². The van der Waals surface area contributed by atoms with Crippen molar-refractivity contribution in [3.63, 3.8) is 0 Å². The summed E-state index contributed by atoms with van der Waals surface area (Å²) in [4.78, 5) is 10.7. The third-order valence-electron chi connectivity index (χ3n) is 1.39. The monoisotopic (exact) mass is 210 g/mol. The van der Waals surface area contributed by atoms with Gasteiger partial charge in [-0.1, -0.05) is 0 Å². The Labute approximate surface area is 77.8 Å². The highest BCUT2D eigenvalue weighted by atomic mass is 32.2. The fourth-order valence-electron chi connectivity index (χ4n) is 0.494. The van der Waals surface area contributed by atoms with Crippen LogP contribution in [0.1, 0.15) is 13.8 Å². The summed E-state index contributed by atoms with van der Waals surface area (Å²) in [6.45, 7) is 3.30. The van der Waals surface area contributed by atoms with Crippen LogP contribution in [0.3, 0.4) is 0 Å². The average Bonchev–Trinajstić information content (AvgIpc) is 1.84. The number of hydrogen-bond donors (Lipinski definition) is 0. The minimum atomic E-state index is -2.88. The number of carbonyl (C=O) groups is 1. The summed E-state index contributed by atoms with van der Waals surface area (Å²) < 4.78 is 21.4. The van der Waals surface area contributed by atoms with Gasteiger partial charge in [0.15, 0.2) is 0 Å². The van der Waals surface area contributed by atoms with E-state index in [1.54, 1.807) is 6.92 Å². The molecule has 0 aromatic heterocycles. The van der Waals surface area contributed by atoms with E-state index in [0.29, 0.717) is 5.75 Å². The van der Waals surface area contributed by atoms with Crippen molar-refractivity contribution in [2.24, 2.45) is 0 Å². The number of rotatable bonds is 5. The SMILES string of the molecule is CC(=O)C(C)SCCS(C)(=O)=O. The molecule has 0 N–H and O–H groups in total. The van der Waals surface area contributed by atoms with E-state index in [4.69, 9.17) is 0 Å². The van der Waals surface area contributed by atoms with E-state index in [-0.39, 0.29) is 16.8 Å². The van der Waals surface area contributed by atoms with Gasteiger partial charge >= 0.3 is 0 Å². The van der Waals surface area contributed by atoms with Gasteiger partial charge < -0.3 is 0 Å². The van der Waals surface area contributed by atoms with Crippen molar-refractivity contribution >= 4 is 27.4 Å². The van der Waals surface area contributed by atoms with Crippen LogP contribution in [-0.2, 0) is 14.6 Å². The van der Waals surface area contributed by atoms with Crippen molar-refractivity contribution < 1.29 is 13.2 Å². The fourth-order valence-corrected chi connectivity index (χ4v) is 2.68. The summed E-state index contributed by atoms with van der Waals surface area (Å²) in [5.41, 5.74) is 0. The van der Waals surface area contributed by atoms with Gasteiger partial charge in [-0.3, -0.25) is 4.79 Å². The topological polar surface area (TPSA) is 51.2 Å². The summed E-state index contributed by atoms with van der Waals surface area (Å²) in [6.07, 6.45) is 1.20. The van der Waals surface area contributed by atoms with Crippen LogP contribution < -0.4 is 0 Å². The Morgan fingerprint density at radius 3 is 2.33 bits per heavy atom. The molecule has 0 radical (unpaired) electrons. The van der Waals surface area contributed by atoms with Crippen LogP contribution in [-0.4, -0.2) is 37.2 Å². The van der Waals surface area contributed by atoms with E-state index in [9.17, 15) is 13.2 Å². The van der Waals surface area contributed by atoms with Gasteiger partial charge in [0.2, 0.25) is 0 Å². The van der Waals surface area contributed by atoms with Crippen molar-refractivity contribution in [1.82, 2.24) is 0 Å². The number of sulfone groups is 1. The lowest BCUT2D eigenvalue weighted by Crippen LogP contribution is -2.12. The second kappa shape index (κ2) is 4.87. The van der Waals surface area contributed by atoms with E-state index in [1.165, 1.54) is 24.9 Å². The smallest absolute Gasteiger partial charge is 0.148 e. The van der Waals surface area contributed by atoms with Gasteiger partial charge in [0.25, 0.3) is 0 Å². The molecule has 0 fully saturated rings. The summed E-state index contributed by atoms with van der Waals surface area (Å²) in [6, 6.07) is 0. The van der Waals surface area contributed by atoms with Crippen LogP contribution in [0.4, 0.5) is 0 Å². The predicted octanol–water partition coefficient (Wildman–Crippen LogP) is 0.742. The third-order valence-corrected chi connectivity index (χ3v) is 3.87. The molecule has 0 bridgehead atoms. The van der Waals surface area contributed by atoms with Crippen LogP contribution in [0, 0.1) is 0 Å². The van der Waals surface area contributed by atoms with Crippen molar-refractivity contribution in [1.29, 1.82) is 0 Å². The van der Waals surface area contributed by atoms with Crippen molar-refractivity contribution in [3.8, 4) is 0 Å². The molecule has 72 valence electrons. The fraction of sp³-hybridized carbons (Fsp3) is 0.857. The molecular formula is C7H14O3S2. The molecule has 3 nitrogen and oxygen atoms in total. The summed E-state index contributed by atoms with van der Waals surface area (Å²) in [5.74, 6) is 0.739. The average molecular weight is 210 g/mol. The van der Waals surface area contributed by atoms with Crippen molar-refractivity contribution in [2.45, 2.75) is 19.1 Å². The molecule has 0 amide bonds. The van der Waals surface area contributed by atoms with Gasteiger partial charge in [-0.05, 0) is 13.8 Å². The standard InChI is InChI=1S/C7H14O3S2/c1-6(8)7(2)11-4-5-12(3,9)10/h7H,4-5H2,1-3H3. The highest BCUT2D eigenvalue weighted by Crippen LogP contribution is 2.11. The highest BCUT2D eigenvalue weighted by molar-refractivity contribution is 8.01. The largest absolute Gasteiger partial charge is 0.299 e. The number of thioether (sulfide) groups is 1. The molecule has 0 saturated heterocycles. The lowest BCUT2D eigenvalue weighted by Gasteiger charge is -2.05. The Bertz CT molecular complexity index is 243. The molecule has 0 aliphatic heterocycles. The van der Waals surface area contributed by atoms with Crippen LogP contribution >= 0.6 is 11.8 Å². The molecule has 1 unspecified atom stereocenters.